The summed E-state index contributed by atoms with van der Waals surface area (Å²) in [5.41, 5.74) is -0.00301. The van der Waals surface area contributed by atoms with Crippen molar-refractivity contribution in [1.29, 1.82) is 0 Å². The second kappa shape index (κ2) is 5.03. The van der Waals surface area contributed by atoms with Gasteiger partial charge in [0.2, 0.25) is 11.8 Å². The van der Waals surface area contributed by atoms with E-state index in [0.717, 1.165) is 18.2 Å². The summed E-state index contributed by atoms with van der Waals surface area (Å²) in [6, 6.07) is 2.90. The predicted molar refractivity (Wildman–Crippen MR) is 59.9 cm³/mol. The number of hydrogen-bond acceptors (Lipinski definition) is 4. The lowest BCUT2D eigenvalue weighted by atomic mass is 9.90. The lowest BCUT2D eigenvalue weighted by Gasteiger charge is -2.22. The highest BCUT2D eigenvalue weighted by atomic mass is 19.4. The molecule has 1 unspecified atom stereocenters. The van der Waals surface area contributed by atoms with E-state index in [9.17, 15) is 27.9 Å². The normalized spacial score (nSPS) is 19.6. The van der Waals surface area contributed by atoms with E-state index in [-0.39, 0.29) is 24.2 Å². The molecule has 1 heterocycles. The molecule has 1 aliphatic rings. The second-order valence-corrected chi connectivity index (χ2v) is 4.27. The molecule has 2 N–H and O–H groups in total. The predicted octanol–water partition coefficient (Wildman–Crippen LogP) is 1.81. The number of ether oxygens (including phenoxy) is 1. The van der Waals surface area contributed by atoms with Crippen molar-refractivity contribution in [3.8, 4) is 11.5 Å². The zero-order valence-electron chi connectivity index (χ0n) is 10.0. The number of aromatic hydroxyl groups is 1. The first-order chi connectivity index (χ1) is 9.26. The second-order valence-electron chi connectivity index (χ2n) is 4.27. The van der Waals surface area contributed by atoms with Gasteiger partial charge in [-0.2, -0.15) is 0 Å². The lowest BCUT2D eigenvalue weighted by molar-refractivity contribution is -0.274. The number of piperidine rings is 1. The van der Waals surface area contributed by atoms with Crippen LogP contribution in [0.25, 0.3) is 0 Å². The third-order valence-corrected chi connectivity index (χ3v) is 2.85. The molecule has 1 atom stereocenters. The average molecular weight is 289 g/mol. The molecule has 0 bridgehead atoms. The Morgan fingerprint density at radius 3 is 2.60 bits per heavy atom. The Hall–Kier alpha value is -2.25. The maximum Gasteiger partial charge on any atom is 0.573 e. The highest BCUT2D eigenvalue weighted by Gasteiger charge is 2.33. The van der Waals surface area contributed by atoms with Gasteiger partial charge in [0, 0.05) is 12.0 Å². The maximum atomic E-state index is 12.1. The highest BCUT2D eigenvalue weighted by molar-refractivity contribution is 6.01. The average Bonchev–Trinajstić information content (AvgIpc) is 2.30. The van der Waals surface area contributed by atoms with Crippen LogP contribution >= 0.6 is 0 Å². The summed E-state index contributed by atoms with van der Waals surface area (Å²) in [7, 11) is 0. The van der Waals surface area contributed by atoms with E-state index in [4.69, 9.17) is 0 Å². The van der Waals surface area contributed by atoms with Gasteiger partial charge < -0.3 is 9.84 Å². The Labute approximate surface area is 111 Å². The van der Waals surface area contributed by atoms with E-state index in [2.05, 4.69) is 10.1 Å². The maximum absolute atomic E-state index is 12.1. The molecule has 0 spiro atoms. The molecule has 8 heteroatoms. The first-order valence-corrected chi connectivity index (χ1v) is 5.68. The largest absolute Gasteiger partial charge is 0.573 e. The summed E-state index contributed by atoms with van der Waals surface area (Å²) in [4.78, 5) is 22.7. The van der Waals surface area contributed by atoms with Crippen LogP contribution in [0.2, 0.25) is 0 Å². The molecule has 0 saturated carbocycles. The number of carbonyl (C=O) groups is 2. The standard InChI is InChI=1S/C12H10F3NO4/c13-12(14,15)20-6-1-3-9(17)8(5-6)7-2-4-10(18)16-11(7)19/h1,3,5,7,17H,2,4H2,(H,16,18,19). The first-order valence-electron chi connectivity index (χ1n) is 5.68. The van der Waals surface area contributed by atoms with E-state index in [1.807, 2.05) is 0 Å². The Kier molecular flexibility index (Phi) is 3.56. The van der Waals surface area contributed by atoms with Crippen LogP contribution in [-0.4, -0.2) is 23.3 Å². The summed E-state index contributed by atoms with van der Waals surface area (Å²) in [6.45, 7) is 0. The Bertz CT molecular complexity index is 556. The Morgan fingerprint density at radius 1 is 1.30 bits per heavy atom. The van der Waals surface area contributed by atoms with Crippen molar-refractivity contribution in [2.45, 2.75) is 25.1 Å². The van der Waals surface area contributed by atoms with Crippen LogP contribution in [0.4, 0.5) is 13.2 Å². The molecular formula is C12H10F3NO4. The number of carbonyl (C=O) groups excluding carboxylic acids is 2. The fourth-order valence-corrected chi connectivity index (χ4v) is 2.00. The molecule has 2 rings (SSSR count). The molecule has 1 fully saturated rings. The topological polar surface area (TPSA) is 75.6 Å². The zero-order valence-corrected chi connectivity index (χ0v) is 10.0. The van der Waals surface area contributed by atoms with E-state index in [1.54, 1.807) is 0 Å². The van der Waals surface area contributed by atoms with Gasteiger partial charge >= 0.3 is 6.36 Å². The summed E-state index contributed by atoms with van der Waals surface area (Å²) in [5.74, 6) is -2.84. The van der Waals surface area contributed by atoms with Crippen molar-refractivity contribution in [2.75, 3.05) is 0 Å². The molecule has 0 radical (unpaired) electrons. The molecule has 1 aliphatic heterocycles. The SMILES string of the molecule is O=C1CCC(c2cc(OC(F)(F)F)ccc2O)C(=O)N1. The number of nitrogens with one attached hydrogen (secondary N) is 1. The van der Waals surface area contributed by atoms with Gasteiger partial charge in [-0.25, -0.2) is 0 Å². The van der Waals surface area contributed by atoms with Crippen LogP contribution in [-0.2, 0) is 9.59 Å². The number of phenolic OH excluding ortho intramolecular Hbond substituents is 1. The van der Waals surface area contributed by atoms with Crippen LogP contribution < -0.4 is 10.1 Å². The quantitative estimate of drug-likeness (QED) is 0.814. The van der Waals surface area contributed by atoms with Crippen LogP contribution in [0.3, 0.4) is 0 Å². The summed E-state index contributed by atoms with van der Waals surface area (Å²) in [6.07, 6.45) is -4.69. The first kappa shape index (κ1) is 14.2. The molecule has 108 valence electrons. The minimum atomic E-state index is -4.86. The van der Waals surface area contributed by atoms with Gasteiger partial charge in [0.05, 0.1) is 5.92 Å². The number of imide groups is 1. The highest BCUT2D eigenvalue weighted by Crippen LogP contribution is 2.35. The number of phenols is 1. The molecule has 0 aromatic heterocycles. The fourth-order valence-electron chi connectivity index (χ4n) is 2.00. The lowest BCUT2D eigenvalue weighted by Crippen LogP contribution is -2.39. The van der Waals surface area contributed by atoms with Crippen LogP contribution in [0.1, 0.15) is 24.3 Å². The molecule has 1 aromatic rings. The zero-order chi connectivity index (χ0) is 14.9. The summed E-state index contributed by atoms with van der Waals surface area (Å²) in [5, 5.41) is 11.7. The van der Waals surface area contributed by atoms with Gasteiger partial charge in [-0.15, -0.1) is 13.2 Å². The van der Waals surface area contributed by atoms with Crippen molar-refractivity contribution >= 4 is 11.8 Å². The number of amides is 2. The van der Waals surface area contributed by atoms with Gasteiger partial charge in [0.1, 0.15) is 11.5 Å². The monoisotopic (exact) mass is 289 g/mol. The Morgan fingerprint density at radius 2 is 2.00 bits per heavy atom. The van der Waals surface area contributed by atoms with Crippen molar-refractivity contribution in [1.82, 2.24) is 5.32 Å². The van der Waals surface area contributed by atoms with Crippen LogP contribution in [0.5, 0.6) is 11.5 Å². The van der Waals surface area contributed by atoms with Crippen molar-refractivity contribution < 1.29 is 32.6 Å². The van der Waals surface area contributed by atoms with E-state index < -0.39 is 29.8 Å². The molecule has 0 aliphatic carbocycles. The van der Waals surface area contributed by atoms with Gasteiger partial charge in [-0.3, -0.25) is 14.9 Å². The third kappa shape index (κ3) is 3.19. The molecule has 1 saturated heterocycles. The van der Waals surface area contributed by atoms with Crippen molar-refractivity contribution in [2.24, 2.45) is 0 Å². The number of hydrogen-bond donors (Lipinski definition) is 2. The number of alkyl halides is 3. The van der Waals surface area contributed by atoms with E-state index in [0.29, 0.717) is 0 Å². The Balaban J connectivity index is 2.29. The van der Waals surface area contributed by atoms with Gasteiger partial charge in [-0.05, 0) is 24.6 Å². The number of rotatable bonds is 2. The number of benzene rings is 1. The van der Waals surface area contributed by atoms with Gasteiger partial charge in [-0.1, -0.05) is 0 Å². The minimum absolute atomic E-state index is 0.00301. The van der Waals surface area contributed by atoms with Gasteiger partial charge in [0.15, 0.2) is 0 Å². The summed E-state index contributed by atoms with van der Waals surface area (Å²) >= 11 is 0. The molecule has 1 aromatic carbocycles. The van der Waals surface area contributed by atoms with Gasteiger partial charge in [0.25, 0.3) is 0 Å². The fraction of sp³-hybridized carbons (Fsp3) is 0.333. The smallest absolute Gasteiger partial charge is 0.508 e. The summed E-state index contributed by atoms with van der Waals surface area (Å²) < 4.78 is 40.1. The minimum Gasteiger partial charge on any atom is -0.508 e. The molecule has 20 heavy (non-hydrogen) atoms. The third-order valence-electron chi connectivity index (χ3n) is 2.85. The van der Waals surface area contributed by atoms with Crippen LogP contribution in [0.15, 0.2) is 18.2 Å². The van der Waals surface area contributed by atoms with Crippen molar-refractivity contribution in [3.05, 3.63) is 23.8 Å². The molecule has 2 amide bonds. The number of halogens is 3. The van der Waals surface area contributed by atoms with E-state index in [1.165, 1.54) is 0 Å². The molecular weight excluding hydrogens is 279 g/mol. The van der Waals surface area contributed by atoms with Crippen LogP contribution in [0, 0.1) is 0 Å². The molecule has 5 nitrogen and oxygen atoms in total. The van der Waals surface area contributed by atoms with Crippen molar-refractivity contribution in [3.63, 3.8) is 0 Å². The van der Waals surface area contributed by atoms with E-state index >= 15 is 0 Å².